The van der Waals surface area contributed by atoms with E-state index in [2.05, 4.69) is 9.84 Å². The summed E-state index contributed by atoms with van der Waals surface area (Å²) >= 11 is 0. The van der Waals surface area contributed by atoms with E-state index >= 15 is 0 Å². The van der Waals surface area contributed by atoms with Crippen molar-refractivity contribution < 1.29 is 22.6 Å². The number of rotatable bonds is 7. The summed E-state index contributed by atoms with van der Waals surface area (Å²) in [4.78, 5) is 0. The van der Waals surface area contributed by atoms with Gasteiger partial charge in [-0.1, -0.05) is 0 Å². The van der Waals surface area contributed by atoms with E-state index < -0.39 is 18.8 Å². The first-order chi connectivity index (χ1) is 9.26. The summed E-state index contributed by atoms with van der Waals surface area (Å²) in [5, 5.41) is 4.17. The van der Waals surface area contributed by atoms with Crippen LogP contribution < -0.4 is 10.5 Å². The van der Waals surface area contributed by atoms with E-state index in [-0.39, 0.29) is 19.1 Å². The summed E-state index contributed by atoms with van der Waals surface area (Å²) in [6.45, 7) is 2.53. The number of hydrogen-bond acceptors (Lipinski definition) is 4. The van der Waals surface area contributed by atoms with E-state index in [1.807, 2.05) is 13.8 Å². The van der Waals surface area contributed by atoms with Gasteiger partial charge in [0.2, 0.25) is 0 Å². The van der Waals surface area contributed by atoms with Gasteiger partial charge in [-0.2, -0.15) is 18.3 Å². The minimum Gasteiger partial charge on any atom is -0.493 e. The maximum absolute atomic E-state index is 12.0. The molecule has 1 aromatic rings. The summed E-state index contributed by atoms with van der Waals surface area (Å²) in [5.41, 5.74) is 6.67. The fourth-order valence-corrected chi connectivity index (χ4v) is 1.81. The smallest absolute Gasteiger partial charge is 0.411 e. The lowest BCUT2D eigenvalue weighted by molar-refractivity contribution is -0.174. The minimum absolute atomic E-state index is 0.0763. The van der Waals surface area contributed by atoms with Crippen molar-refractivity contribution in [3.05, 3.63) is 11.9 Å². The van der Waals surface area contributed by atoms with Crippen LogP contribution in [0, 0.1) is 0 Å². The van der Waals surface area contributed by atoms with Crippen LogP contribution in [0.5, 0.6) is 5.75 Å². The van der Waals surface area contributed by atoms with Gasteiger partial charge in [0.05, 0.1) is 25.0 Å². The van der Waals surface area contributed by atoms with E-state index in [1.54, 1.807) is 10.9 Å². The Labute approximate surface area is 115 Å². The summed E-state index contributed by atoms with van der Waals surface area (Å²) < 4.78 is 47.3. The highest BCUT2D eigenvalue weighted by molar-refractivity contribution is 5.28. The Morgan fingerprint density at radius 3 is 2.55 bits per heavy atom. The molecule has 0 fully saturated rings. The van der Waals surface area contributed by atoms with Gasteiger partial charge in [0.1, 0.15) is 6.61 Å². The lowest BCUT2D eigenvalue weighted by atomic mass is 10.1. The molecule has 8 heteroatoms. The quantitative estimate of drug-likeness (QED) is 0.785. The molecule has 0 bridgehead atoms. The van der Waals surface area contributed by atoms with Crippen LogP contribution >= 0.6 is 0 Å². The van der Waals surface area contributed by atoms with Crippen LogP contribution in [-0.4, -0.2) is 36.3 Å². The number of aromatic nitrogens is 2. The molecule has 0 aliphatic heterocycles. The SMILES string of the molecule is COc1cnn(C(C)C)c1C(N)CCOCC(F)(F)F. The fraction of sp³-hybridized carbons (Fsp3) is 0.750. The highest BCUT2D eigenvalue weighted by Crippen LogP contribution is 2.28. The number of nitrogens with zero attached hydrogens (tertiary/aromatic N) is 2. The van der Waals surface area contributed by atoms with Crippen LogP contribution in [0.3, 0.4) is 0 Å². The molecule has 0 radical (unpaired) electrons. The van der Waals surface area contributed by atoms with Gasteiger partial charge >= 0.3 is 6.18 Å². The summed E-state index contributed by atoms with van der Waals surface area (Å²) in [5.74, 6) is 0.530. The van der Waals surface area contributed by atoms with Crippen LogP contribution in [0.1, 0.15) is 38.0 Å². The maximum atomic E-state index is 12.0. The average Bonchev–Trinajstić information content (AvgIpc) is 2.77. The number of halogens is 3. The van der Waals surface area contributed by atoms with Crippen molar-refractivity contribution in [3.8, 4) is 5.75 Å². The molecule has 0 saturated heterocycles. The first kappa shape index (κ1) is 16.8. The molecule has 0 spiro atoms. The lowest BCUT2D eigenvalue weighted by Crippen LogP contribution is -2.22. The number of nitrogens with two attached hydrogens (primary N) is 1. The van der Waals surface area contributed by atoms with Crippen LogP contribution in [0.2, 0.25) is 0 Å². The zero-order valence-corrected chi connectivity index (χ0v) is 11.8. The summed E-state index contributed by atoms with van der Waals surface area (Å²) in [7, 11) is 1.50. The van der Waals surface area contributed by atoms with Gasteiger partial charge in [-0.25, -0.2) is 0 Å². The van der Waals surface area contributed by atoms with E-state index in [0.29, 0.717) is 11.4 Å². The molecule has 1 aromatic heterocycles. The van der Waals surface area contributed by atoms with Crippen molar-refractivity contribution in [3.63, 3.8) is 0 Å². The third-order valence-corrected chi connectivity index (χ3v) is 2.70. The lowest BCUT2D eigenvalue weighted by Gasteiger charge is -2.18. The zero-order valence-electron chi connectivity index (χ0n) is 11.8. The van der Waals surface area contributed by atoms with E-state index in [1.165, 1.54) is 7.11 Å². The highest BCUT2D eigenvalue weighted by atomic mass is 19.4. The number of ether oxygens (including phenoxy) is 2. The normalized spacial score (nSPS) is 13.8. The number of alkyl halides is 3. The predicted molar refractivity (Wildman–Crippen MR) is 67.6 cm³/mol. The third-order valence-electron chi connectivity index (χ3n) is 2.70. The van der Waals surface area contributed by atoms with Gasteiger partial charge in [0.15, 0.2) is 5.75 Å². The molecular formula is C12H20F3N3O2. The van der Waals surface area contributed by atoms with Crippen molar-refractivity contribution in [2.24, 2.45) is 5.73 Å². The van der Waals surface area contributed by atoms with E-state index in [9.17, 15) is 13.2 Å². The third kappa shape index (κ3) is 4.68. The molecular weight excluding hydrogens is 275 g/mol. The molecule has 0 aliphatic rings. The molecule has 1 heterocycles. The molecule has 1 atom stereocenters. The Hall–Kier alpha value is -1.28. The molecule has 116 valence electrons. The van der Waals surface area contributed by atoms with Gasteiger partial charge in [-0.15, -0.1) is 0 Å². The Balaban J connectivity index is 2.62. The van der Waals surface area contributed by atoms with Crippen molar-refractivity contribution in [2.45, 2.75) is 38.5 Å². The van der Waals surface area contributed by atoms with E-state index in [4.69, 9.17) is 10.5 Å². The molecule has 5 nitrogen and oxygen atoms in total. The van der Waals surface area contributed by atoms with Crippen molar-refractivity contribution >= 4 is 0 Å². The Bertz CT molecular complexity index is 419. The first-order valence-corrected chi connectivity index (χ1v) is 6.27. The van der Waals surface area contributed by atoms with Gasteiger partial charge in [-0.3, -0.25) is 4.68 Å². The molecule has 0 saturated carbocycles. The Morgan fingerprint density at radius 2 is 2.05 bits per heavy atom. The number of methoxy groups -OCH3 is 1. The number of hydrogen-bond donors (Lipinski definition) is 1. The van der Waals surface area contributed by atoms with Gasteiger partial charge in [0, 0.05) is 12.6 Å². The molecule has 0 aliphatic carbocycles. The van der Waals surface area contributed by atoms with Crippen LogP contribution in [0.15, 0.2) is 6.20 Å². The maximum Gasteiger partial charge on any atom is 0.411 e. The second-order valence-electron chi connectivity index (χ2n) is 4.70. The van der Waals surface area contributed by atoms with Gasteiger partial charge in [-0.05, 0) is 20.3 Å². The van der Waals surface area contributed by atoms with Crippen molar-refractivity contribution in [1.29, 1.82) is 0 Å². The summed E-state index contributed by atoms with van der Waals surface area (Å²) in [6.07, 6.45) is -2.52. The summed E-state index contributed by atoms with van der Waals surface area (Å²) in [6, 6.07) is -0.417. The van der Waals surface area contributed by atoms with E-state index in [0.717, 1.165) is 0 Å². The Morgan fingerprint density at radius 1 is 1.40 bits per heavy atom. The van der Waals surface area contributed by atoms with Crippen LogP contribution in [0.4, 0.5) is 13.2 Å². The standard InChI is InChI=1S/C12H20F3N3O2/c1-8(2)18-11(10(19-3)6-17-18)9(16)4-5-20-7-12(13,14)15/h6,8-9H,4-5,7,16H2,1-3H3. The molecule has 2 N–H and O–H groups in total. The molecule has 1 rings (SSSR count). The topological polar surface area (TPSA) is 62.3 Å². The average molecular weight is 295 g/mol. The van der Waals surface area contributed by atoms with Crippen molar-refractivity contribution in [2.75, 3.05) is 20.3 Å². The zero-order chi connectivity index (χ0) is 15.3. The molecule has 0 amide bonds. The highest BCUT2D eigenvalue weighted by Gasteiger charge is 2.27. The van der Waals surface area contributed by atoms with Crippen molar-refractivity contribution in [1.82, 2.24) is 9.78 Å². The molecule has 0 aromatic carbocycles. The second-order valence-corrected chi connectivity index (χ2v) is 4.70. The van der Waals surface area contributed by atoms with Gasteiger partial charge < -0.3 is 15.2 Å². The monoisotopic (exact) mass is 295 g/mol. The van der Waals surface area contributed by atoms with Crippen LogP contribution in [0.25, 0.3) is 0 Å². The molecule has 1 unspecified atom stereocenters. The largest absolute Gasteiger partial charge is 0.493 e. The predicted octanol–water partition coefficient (Wildman–Crippen LogP) is 2.44. The minimum atomic E-state index is -4.32. The Kier molecular flexibility index (Phi) is 5.82. The van der Waals surface area contributed by atoms with Crippen LogP contribution in [-0.2, 0) is 4.74 Å². The van der Waals surface area contributed by atoms with Gasteiger partial charge in [0.25, 0.3) is 0 Å². The fourth-order valence-electron chi connectivity index (χ4n) is 1.81. The first-order valence-electron chi connectivity index (χ1n) is 6.27. The second kappa shape index (κ2) is 6.94. The molecule has 20 heavy (non-hydrogen) atoms.